The SMILES string of the molecule is CC(C)(C)OC(=O)NCCC=Cc1ccc(CO)c(F)c1. The quantitative estimate of drug-likeness (QED) is 0.820. The normalized spacial score (nSPS) is 11.7. The summed E-state index contributed by atoms with van der Waals surface area (Å²) in [7, 11) is 0. The molecule has 116 valence electrons. The van der Waals surface area contributed by atoms with Gasteiger partial charge in [0.15, 0.2) is 0 Å². The number of rotatable bonds is 5. The van der Waals surface area contributed by atoms with Gasteiger partial charge in [-0.1, -0.05) is 24.3 Å². The van der Waals surface area contributed by atoms with Crippen molar-refractivity contribution in [3.05, 3.63) is 41.2 Å². The van der Waals surface area contributed by atoms with E-state index in [9.17, 15) is 9.18 Å². The van der Waals surface area contributed by atoms with E-state index in [1.165, 1.54) is 6.07 Å². The van der Waals surface area contributed by atoms with Crippen molar-refractivity contribution < 1.29 is 19.0 Å². The summed E-state index contributed by atoms with van der Waals surface area (Å²) < 4.78 is 18.5. The zero-order valence-corrected chi connectivity index (χ0v) is 12.6. The van der Waals surface area contributed by atoms with E-state index >= 15 is 0 Å². The fourth-order valence-corrected chi connectivity index (χ4v) is 1.59. The van der Waals surface area contributed by atoms with Gasteiger partial charge in [0, 0.05) is 12.1 Å². The van der Waals surface area contributed by atoms with Gasteiger partial charge in [0.05, 0.1) is 6.61 Å². The number of hydrogen-bond acceptors (Lipinski definition) is 3. The zero-order chi connectivity index (χ0) is 15.9. The molecule has 0 aliphatic carbocycles. The standard InChI is InChI=1S/C16H22FNO3/c1-16(2,3)21-15(20)18-9-5-4-6-12-7-8-13(11-19)14(17)10-12/h4,6-8,10,19H,5,9,11H2,1-3H3,(H,18,20). The minimum absolute atomic E-state index is 0.277. The highest BCUT2D eigenvalue weighted by atomic mass is 19.1. The van der Waals surface area contributed by atoms with Crippen molar-refractivity contribution >= 4 is 12.2 Å². The van der Waals surface area contributed by atoms with Crippen molar-refractivity contribution in [2.75, 3.05) is 6.54 Å². The van der Waals surface area contributed by atoms with Crippen LogP contribution in [-0.2, 0) is 11.3 Å². The number of aliphatic hydroxyl groups is 1. The molecule has 5 heteroatoms. The molecule has 0 unspecified atom stereocenters. The molecule has 21 heavy (non-hydrogen) atoms. The lowest BCUT2D eigenvalue weighted by molar-refractivity contribution is 0.0529. The Balaban J connectivity index is 2.35. The van der Waals surface area contributed by atoms with Gasteiger partial charge >= 0.3 is 6.09 Å². The Bertz CT molecular complexity index is 507. The van der Waals surface area contributed by atoms with E-state index < -0.39 is 17.5 Å². The van der Waals surface area contributed by atoms with Crippen LogP contribution in [-0.4, -0.2) is 23.3 Å². The van der Waals surface area contributed by atoms with Gasteiger partial charge in [-0.05, 0) is 38.8 Å². The summed E-state index contributed by atoms with van der Waals surface area (Å²) >= 11 is 0. The number of hydrogen-bond donors (Lipinski definition) is 2. The van der Waals surface area contributed by atoms with Crippen molar-refractivity contribution in [2.24, 2.45) is 0 Å². The number of carbonyl (C=O) groups is 1. The van der Waals surface area contributed by atoms with Crippen LogP contribution in [0.2, 0.25) is 0 Å². The van der Waals surface area contributed by atoms with Crippen LogP contribution in [0.25, 0.3) is 6.08 Å². The number of benzene rings is 1. The summed E-state index contributed by atoms with van der Waals surface area (Å²) in [6.45, 7) is 5.55. The number of aliphatic hydroxyl groups excluding tert-OH is 1. The Kier molecular flexibility index (Phi) is 6.37. The number of halogens is 1. The molecule has 0 saturated carbocycles. The molecule has 0 aliphatic rings. The van der Waals surface area contributed by atoms with Gasteiger partial charge in [-0.3, -0.25) is 0 Å². The van der Waals surface area contributed by atoms with Gasteiger partial charge in [0.2, 0.25) is 0 Å². The first-order chi connectivity index (χ1) is 9.81. The van der Waals surface area contributed by atoms with Gasteiger partial charge in [-0.2, -0.15) is 0 Å². The van der Waals surface area contributed by atoms with E-state index in [0.717, 1.165) is 0 Å². The fourth-order valence-electron chi connectivity index (χ4n) is 1.59. The van der Waals surface area contributed by atoms with Crippen LogP contribution in [0.4, 0.5) is 9.18 Å². The molecule has 1 amide bonds. The van der Waals surface area contributed by atoms with Gasteiger partial charge < -0.3 is 15.2 Å². The second-order valence-electron chi connectivity index (χ2n) is 5.63. The van der Waals surface area contributed by atoms with Crippen molar-refractivity contribution in [2.45, 2.75) is 39.4 Å². The highest BCUT2D eigenvalue weighted by molar-refractivity contribution is 5.67. The van der Waals surface area contributed by atoms with E-state index in [1.54, 1.807) is 39.0 Å². The Labute approximate surface area is 124 Å². The first-order valence-corrected chi connectivity index (χ1v) is 6.84. The molecule has 2 N–H and O–H groups in total. The van der Waals surface area contributed by atoms with Crippen LogP contribution in [0, 0.1) is 5.82 Å². The van der Waals surface area contributed by atoms with Crippen LogP contribution in [0.15, 0.2) is 24.3 Å². The number of carbonyl (C=O) groups excluding carboxylic acids is 1. The molecule has 0 spiro atoms. The maximum atomic E-state index is 13.4. The predicted octanol–water partition coefficient (Wildman–Crippen LogP) is 3.25. The minimum Gasteiger partial charge on any atom is -0.444 e. The number of alkyl carbamates (subject to hydrolysis) is 1. The second kappa shape index (κ2) is 7.78. The molecule has 0 heterocycles. The topological polar surface area (TPSA) is 58.6 Å². The second-order valence-corrected chi connectivity index (χ2v) is 5.63. The lowest BCUT2D eigenvalue weighted by atomic mass is 10.1. The molecule has 0 aliphatic heterocycles. The third-order valence-electron chi connectivity index (χ3n) is 2.54. The molecule has 0 atom stereocenters. The number of nitrogens with one attached hydrogen (secondary N) is 1. The minimum atomic E-state index is -0.508. The van der Waals surface area contributed by atoms with Gasteiger partial charge in [0.1, 0.15) is 11.4 Å². The van der Waals surface area contributed by atoms with E-state index in [1.807, 2.05) is 6.08 Å². The van der Waals surface area contributed by atoms with E-state index in [0.29, 0.717) is 18.5 Å². The van der Waals surface area contributed by atoms with Crippen molar-refractivity contribution in [3.8, 4) is 0 Å². The highest BCUT2D eigenvalue weighted by Gasteiger charge is 2.15. The summed E-state index contributed by atoms with van der Waals surface area (Å²) in [6.07, 6.45) is 3.77. The molecule has 0 aromatic heterocycles. The largest absolute Gasteiger partial charge is 0.444 e. The first kappa shape index (κ1) is 17.2. The van der Waals surface area contributed by atoms with Crippen molar-refractivity contribution in [1.29, 1.82) is 0 Å². The van der Waals surface area contributed by atoms with Crippen LogP contribution in [0.5, 0.6) is 0 Å². The van der Waals surface area contributed by atoms with E-state index in [4.69, 9.17) is 9.84 Å². The molecule has 0 bridgehead atoms. The molecular formula is C16H22FNO3. The third-order valence-corrected chi connectivity index (χ3v) is 2.54. The molecule has 1 rings (SSSR count). The van der Waals surface area contributed by atoms with Crippen molar-refractivity contribution in [1.82, 2.24) is 5.32 Å². The lowest BCUT2D eigenvalue weighted by Crippen LogP contribution is -2.32. The monoisotopic (exact) mass is 295 g/mol. The molecule has 0 saturated heterocycles. The van der Waals surface area contributed by atoms with Crippen molar-refractivity contribution in [3.63, 3.8) is 0 Å². The van der Waals surface area contributed by atoms with Crippen LogP contribution in [0.3, 0.4) is 0 Å². The fraction of sp³-hybridized carbons (Fsp3) is 0.438. The molecule has 1 aromatic rings. The highest BCUT2D eigenvalue weighted by Crippen LogP contribution is 2.12. The van der Waals surface area contributed by atoms with Crippen LogP contribution >= 0.6 is 0 Å². The summed E-state index contributed by atoms with van der Waals surface area (Å²) in [5, 5.41) is 11.5. The molecule has 0 fully saturated rings. The zero-order valence-electron chi connectivity index (χ0n) is 12.6. The molecule has 1 aromatic carbocycles. The van der Waals surface area contributed by atoms with Crippen LogP contribution < -0.4 is 5.32 Å². The molecule has 4 nitrogen and oxygen atoms in total. The maximum absolute atomic E-state index is 13.4. The van der Waals surface area contributed by atoms with Gasteiger partial charge in [-0.25, -0.2) is 9.18 Å². The summed E-state index contributed by atoms with van der Waals surface area (Å²) in [4.78, 5) is 11.4. The third kappa shape index (κ3) is 6.90. The predicted molar refractivity (Wildman–Crippen MR) is 80.2 cm³/mol. The van der Waals surface area contributed by atoms with E-state index in [-0.39, 0.29) is 12.2 Å². The average molecular weight is 295 g/mol. The maximum Gasteiger partial charge on any atom is 0.407 e. The summed E-state index contributed by atoms with van der Waals surface area (Å²) in [5.74, 6) is -0.425. The van der Waals surface area contributed by atoms with Crippen LogP contribution in [0.1, 0.15) is 38.3 Å². The average Bonchev–Trinajstić information content (AvgIpc) is 2.36. The Morgan fingerprint density at radius 1 is 1.43 bits per heavy atom. The van der Waals surface area contributed by atoms with Gasteiger partial charge in [0.25, 0.3) is 0 Å². The Morgan fingerprint density at radius 2 is 2.14 bits per heavy atom. The summed E-state index contributed by atoms with van der Waals surface area (Å²) in [5.41, 5.74) is 0.479. The summed E-state index contributed by atoms with van der Waals surface area (Å²) in [6, 6.07) is 4.64. The lowest BCUT2D eigenvalue weighted by Gasteiger charge is -2.19. The Hall–Kier alpha value is -1.88. The Morgan fingerprint density at radius 3 is 2.71 bits per heavy atom. The number of amides is 1. The molecular weight excluding hydrogens is 273 g/mol. The molecule has 0 radical (unpaired) electrons. The van der Waals surface area contributed by atoms with E-state index in [2.05, 4.69) is 5.32 Å². The van der Waals surface area contributed by atoms with Gasteiger partial charge in [-0.15, -0.1) is 0 Å². The number of ether oxygens (including phenoxy) is 1. The first-order valence-electron chi connectivity index (χ1n) is 6.84. The smallest absolute Gasteiger partial charge is 0.407 e.